The number of halogens is 4. The maximum absolute atomic E-state index is 8.70. The summed E-state index contributed by atoms with van der Waals surface area (Å²) >= 11 is 22.8. The first-order valence-electron chi connectivity index (χ1n) is 3.20. The maximum atomic E-state index is 8.70. The van der Waals surface area contributed by atoms with E-state index in [2.05, 4.69) is 0 Å². The molecule has 0 heterocycles. The monoisotopic (exact) mass is 384 g/mol. The largest absolute Gasteiger partial charge is 0.192 e. The molecule has 7 heteroatoms. The maximum Gasteiger partial charge on any atom is 0.102 e. The van der Waals surface area contributed by atoms with Gasteiger partial charge in [0.05, 0.1) is 31.2 Å². The molecule has 0 saturated heterocycles. The third-order valence-corrected chi connectivity index (χ3v) is 3.19. The Kier molecular flexibility index (Phi) is 6.10. The molecule has 0 aliphatic heterocycles. The summed E-state index contributed by atoms with van der Waals surface area (Å²) in [7, 11) is 0. The van der Waals surface area contributed by atoms with Gasteiger partial charge < -0.3 is 0 Å². The number of hydrogen-bond donors (Lipinski definition) is 0. The molecule has 0 unspecified atom stereocenters. The van der Waals surface area contributed by atoms with E-state index in [0.717, 1.165) is 0 Å². The molecule has 2 nitrogen and oxygen atoms in total. The fourth-order valence-corrected chi connectivity index (χ4v) is 1.90. The van der Waals surface area contributed by atoms with Crippen molar-refractivity contribution in [3.8, 4) is 12.1 Å². The van der Waals surface area contributed by atoms with Gasteiger partial charge in [0, 0.05) is 23.9 Å². The SMILES string of the molecule is N#Cc1c(Cl)c(Cl)c(Cl)c(C#N)c1Cl.[Sn]. The van der Waals surface area contributed by atoms with Crippen molar-refractivity contribution in [3.05, 3.63) is 31.2 Å². The first-order chi connectivity index (χ1) is 6.54. The van der Waals surface area contributed by atoms with E-state index in [1.165, 1.54) is 0 Å². The van der Waals surface area contributed by atoms with Gasteiger partial charge in [-0.1, -0.05) is 46.4 Å². The number of nitrogens with zero attached hydrogens (tertiary/aromatic N) is 2. The van der Waals surface area contributed by atoms with Crippen LogP contribution in [-0.4, -0.2) is 23.9 Å². The second-order valence-electron chi connectivity index (χ2n) is 2.23. The van der Waals surface area contributed by atoms with E-state index in [4.69, 9.17) is 56.9 Å². The molecule has 0 fully saturated rings. The van der Waals surface area contributed by atoms with Crippen molar-refractivity contribution in [2.45, 2.75) is 0 Å². The van der Waals surface area contributed by atoms with Crippen molar-refractivity contribution in [1.82, 2.24) is 0 Å². The van der Waals surface area contributed by atoms with Crippen LogP contribution in [0.1, 0.15) is 11.1 Å². The van der Waals surface area contributed by atoms with E-state index in [0.29, 0.717) is 0 Å². The quantitative estimate of drug-likeness (QED) is 0.389. The van der Waals surface area contributed by atoms with E-state index in [1.807, 2.05) is 0 Å². The van der Waals surface area contributed by atoms with Gasteiger partial charge in [-0.25, -0.2) is 0 Å². The van der Waals surface area contributed by atoms with Gasteiger partial charge in [0.1, 0.15) is 12.1 Å². The molecule has 0 atom stereocenters. The normalized spacial score (nSPS) is 8.67. The second kappa shape index (κ2) is 6.03. The summed E-state index contributed by atoms with van der Waals surface area (Å²) in [6.07, 6.45) is 0. The van der Waals surface area contributed by atoms with Crippen molar-refractivity contribution in [3.63, 3.8) is 0 Å². The van der Waals surface area contributed by atoms with Gasteiger partial charge in [-0.2, -0.15) is 10.5 Å². The molecule has 1 aromatic rings. The Morgan fingerprint density at radius 2 is 1.00 bits per heavy atom. The third-order valence-electron chi connectivity index (χ3n) is 1.49. The van der Waals surface area contributed by atoms with E-state index in [-0.39, 0.29) is 55.1 Å². The van der Waals surface area contributed by atoms with Crippen LogP contribution in [0.2, 0.25) is 20.1 Å². The van der Waals surface area contributed by atoms with Gasteiger partial charge in [-0.05, 0) is 0 Å². The van der Waals surface area contributed by atoms with Crippen molar-refractivity contribution in [2.24, 2.45) is 0 Å². The summed E-state index contributed by atoms with van der Waals surface area (Å²) in [6.45, 7) is 0. The standard InChI is InChI=1S/C8Cl4N2.Sn/c9-5-3(1-13)6(10)8(12)7(11)4(5)2-14;. The van der Waals surface area contributed by atoms with Gasteiger partial charge in [-0.3, -0.25) is 0 Å². The first kappa shape index (κ1) is 15.2. The number of rotatable bonds is 0. The van der Waals surface area contributed by atoms with Gasteiger partial charge in [0.15, 0.2) is 0 Å². The Hall–Kier alpha value is 0.159. The molecule has 15 heavy (non-hydrogen) atoms. The molecule has 0 bridgehead atoms. The summed E-state index contributed by atoms with van der Waals surface area (Å²) in [5.74, 6) is 0. The number of benzene rings is 1. The Morgan fingerprint density at radius 1 is 0.667 bits per heavy atom. The van der Waals surface area contributed by atoms with Crippen LogP contribution in [0, 0.1) is 22.7 Å². The van der Waals surface area contributed by atoms with Crippen LogP contribution < -0.4 is 0 Å². The Balaban J connectivity index is 0.00000196. The zero-order chi connectivity index (χ0) is 10.9. The smallest absolute Gasteiger partial charge is 0.102 e. The summed E-state index contributed by atoms with van der Waals surface area (Å²) < 4.78 is 0. The summed E-state index contributed by atoms with van der Waals surface area (Å²) in [4.78, 5) is 0. The Morgan fingerprint density at radius 3 is 1.27 bits per heavy atom. The molecule has 0 aliphatic carbocycles. The van der Waals surface area contributed by atoms with Crippen LogP contribution in [0.15, 0.2) is 0 Å². The van der Waals surface area contributed by atoms with Gasteiger partial charge in [-0.15, -0.1) is 0 Å². The van der Waals surface area contributed by atoms with E-state index >= 15 is 0 Å². The molecule has 0 spiro atoms. The van der Waals surface area contributed by atoms with Crippen molar-refractivity contribution >= 4 is 70.3 Å². The summed E-state index contributed by atoms with van der Waals surface area (Å²) in [6, 6.07) is 3.50. The second-order valence-corrected chi connectivity index (χ2v) is 3.74. The van der Waals surface area contributed by atoms with E-state index in [9.17, 15) is 0 Å². The molecule has 0 aliphatic rings. The van der Waals surface area contributed by atoms with Crippen LogP contribution in [-0.2, 0) is 0 Å². The minimum absolute atomic E-state index is 0. The Labute approximate surface area is 123 Å². The predicted octanol–water partition coefficient (Wildman–Crippen LogP) is 3.66. The fraction of sp³-hybridized carbons (Fsp3) is 0. The van der Waals surface area contributed by atoms with E-state index < -0.39 is 0 Å². The molecule has 74 valence electrons. The van der Waals surface area contributed by atoms with Crippen molar-refractivity contribution in [2.75, 3.05) is 0 Å². The molecule has 1 aromatic carbocycles. The number of hydrogen-bond acceptors (Lipinski definition) is 2. The minimum atomic E-state index is -0.0746. The molecule has 4 radical (unpaired) electrons. The molecular formula is C8Cl4N2Sn. The average Bonchev–Trinajstić information content (AvgIpc) is 2.16. The zero-order valence-corrected chi connectivity index (χ0v) is 12.8. The van der Waals surface area contributed by atoms with Crippen molar-refractivity contribution < 1.29 is 0 Å². The van der Waals surface area contributed by atoms with Gasteiger partial charge in [0.25, 0.3) is 0 Å². The first-order valence-corrected chi connectivity index (χ1v) is 4.72. The molecule has 1 rings (SSSR count). The van der Waals surface area contributed by atoms with E-state index in [1.54, 1.807) is 12.1 Å². The van der Waals surface area contributed by atoms with Crippen LogP contribution in [0.4, 0.5) is 0 Å². The third kappa shape index (κ3) is 2.64. The average molecular weight is 385 g/mol. The molecule has 0 aromatic heterocycles. The van der Waals surface area contributed by atoms with Crippen molar-refractivity contribution in [1.29, 1.82) is 10.5 Å². The minimum Gasteiger partial charge on any atom is -0.192 e. The predicted molar refractivity (Wildman–Crippen MR) is 61.7 cm³/mol. The summed E-state index contributed by atoms with van der Waals surface area (Å²) in [5.41, 5.74) is -0.0847. The van der Waals surface area contributed by atoms with Gasteiger partial charge in [0.2, 0.25) is 0 Å². The molecule has 0 N–H and O–H groups in total. The number of nitriles is 2. The molecule has 0 amide bonds. The fourth-order valence-electron chi connectivity index (χ4n) is 0.830. The topological polar surface area (TPSA) is 47.6 Å². The van der Waals surface area contributed by atoms with Crippen LogP contribution in [0.3, 0.4) is 0 Å². The van der Waals surface area contributed by atoms with Gasteiger partial charge >= 0.3 is 0 Å². The zero-order valence-electron chi connectivity index (χ0n) is 6.91. The molecular weight excluding hydrogens is 385 g/mol. The Bertz CT molecular complexity index is 446. The summed E-state index contributed by atoms with van der Waals surface area (Å²) in [5, 5.41) is 17.2. The molecule has 0 saturated carbocycles. The van der Waals surface area contributed by atoms with Crippen LogP contribution >= 0.6 is 46.4 Å². The van der Waals surface area contributed by atoms with Crippen LogP contribution in [0.5, 0.6) is 0 Å². The van der Waals surface area contributed by atoms with Crippen LogP contribution in [0.25, 0.3) is 0 Å².